The van der Waals surface area contributed by atoms with Gasteiger partial charge >= 0.3 is 0 Å². The second kappa shape index (κ2) is 7.14. The van der Waals surface area contributed by atoms with Gasteiger partial charge in [0.15, 0.2) is 11.5 Å². The van der Waals surface area contributed by atoms with E-state index in [1.165, 1.54) is 4.31 Å². The molecule has 2 aliphatic heterocycles. The smallest absolute Gasteiger partial charge is 0.243 e. The average Bonchev–Trinajstić information content (AvgIpc) is 3.00. The molecule has 3 heterocycles. The average molecular weight is 393 g/mol. The highest BCUT2D eigenvalue weighted by Gasteiger charge is 2.30. The second-order valence-corrected chi connectivity index (χ2v) is 8.73. The third kappa shape index (κ3) is 3.54. The summed E-state index contributed by atoms with van der Waals surface area (Å²) in [5.41, 5.74) is 1.97. The summed E-state index contributed by atoms with van der Waals surface area (Å²) in [7, 11) is -3.56. The van der Waals surface area contributed by atoms with Gasteiger partial charge in [-0.1, -0.05) is 5.16 Å². The molecule has 9 heteroatoms. The van der Waals surface area contributed by atoms with Crippen LogP contribution < -0.4 is 9.47 Å². The molecule has 2 aliphatic rings. The van der Waals surface area contributed by atoms with Crippen molar-refractivity contribution < 1.29 is 22.4 Å². The van der Waals surface area contributed by atoms with Crippen molar-refractivity contribution in [1.82, 2.24) is 14.4 Å². The Balaban J connectivity index is 1.44. The molecule has 1 aromatic heterocycles. The van der Waals surface area contributed by atoms with Crippen molar-refractivity contribution in [2.45, 2.75) is 25.3 Å². The SMILES string of the molecule is Cc1noc(C)c1CN1CCN(S(=O)(=O)c2ccc3c(c2)OCCO3)CC1. The summed E-state index contributed by atoms with van der Waals surface area (Å²) in [6.07, 6.45) is 0. The van der Waals surface area contributed by atoms with E-state index in [4.69, 9.17) is 14.0 Å². The van der Waals surface area contributed by atoms with Crippen LogP contribution in [0.3, 0.4) is 0 Å². The predicted octanol–water partition coefficient (Wildman–Crippen LogP) is 1.57. The zero-order valence-electron chi connectivity index (χ0n) is 15.5. The van der Waals surface area contributed by atoms with Crippen molar-refractivity contribution in [3.05, 3.63) is 35.2 Å². The molecule has 8 nitrogen and oxygen atoms in total. The Morgan fingerprint density at radius 3 is 2.41 bits per heavy atom. The van der Waals surface area contributed by atoms with E-state index in [0.29, 0.717) is 50.9 Å². The Kier molecular flexibility index (Phi) is 4.83. The first-order valence-corrected chi connectivity index (χ1v) is 10.4. The third-order valence-corrected chi connectivity index (χ3v) is 6.94. The van der Waals surface area contributed by atoms with E-state index in [9.17, 15) is 8.42 Å². The van der Waals surface area contributed by atoms with E-state index in [2.05, 4.69) is 10.1 Å². The zero-order valence-corrected chi connectivity index (χ0v) is 16.3. The number of aromatic nitrogens is 1. The number of ether oxygens (including phenoxy) is 2. The van der Waals surface area contributed by atoms with Gasteiger partial charge in [-0.3, -0.25) is 4.90 Å². The highest BCUT2D eigenvalue weighted by atomic mass is 32.2. The maximum absolute atomic E-state index is 13.0. The molecule has 0 amide bonds. The molecule has 4 rings (SSSR count). The van der Waals surface area contributed by atoms with Gasteiger partial charge in [0.05, 0.1) is 10.6 Å². The van der Waals surface area contributed by atoms with Gasteiger partial charge in [-0.25, -0.2) is 8.42 Å². The summed E-state index contributed by atoms with van der Waals surface area (Å²) in [5.74, 6) is 1.89. The fourth-order valence-corrected chi connectivity index (χ4v) is 4.85. The van der Waals surface area contributed by atoms with Crippen molar-refractivity contribution in [3.8, 4) is 11.5 Å². The Morgan fingerprint density at radius 1 is 1.04 bits per heavy atom. The summed E-state index contributed by atoms with van der Waals surface area (Å²) in [4.78, 5) is 2.47. The van der Waals surface area contributed by atoms with Crippen LogP contribution in [0.1, 0.15) is 17.0 Å². The first-order chi connectivity index (χ1) is 12.9. The van der Waals surface area contributed by atoms with Crippen LogP contribution in [0.25, 0.3) is 0 Å². The van der Waals surface area contributed by atoms with Gasteiger partial charge in [-0.05, 0) is 26.0 Å². The maximum Gasteiger partial charge on any atom is 0.243 e. The Morgan fingerprint density at radius 2 is 1.74 bits per heavy atom. The molecule has 1 fully saturated rings. The van der Waals surface area contributed by atoms with E-state index in [1.807, 2.05) is 13.8 Å². The van der Waals surface area contributed by atoms with Gasteiger partial charge in [0.25, 0.3) is 0 Å². The third-order valence-electron chi connectivity index (χ3n) is 5.05. The Hall–Kier alpha value is -2.10. The van der Waals surface area contributed by atoms with Crippen LogP contribution in [-0.4, -0.2) is 62.2 Å². The summed E-state index contributed by atoms with van der Waals surface area (Å²) in [6.45, 7) is 7.66. The molecule has 27 heavy (non-hydrogen) atoms. The van der Waals surface area contributed by atoms with Crippen molar-refractivity contribution in [2.24, 2.45) is 0 Å². The van der Waals surface area contributed by atoms with Crippen LogP contribution in [0.4, 0.5) is 0 Å². The second-order valence-electron chi connectivity index (χ2n) is 6.79. The van der Waals surface area contributed by atoms with E-state index in [1.54, 1.807) is 18.2 Å². The number of sulfonamides is 1. The van der Waals surface area contributed by atoms with E-state index in [0.717, 1.165) is 23.6 Å². The van der Waals surface area contributed by atoms with E-state index < -0.39 is 10.0 Å². The molecule has 0 N–H and O–H groups in total. The topological polar surface area (TPSA) is 85.1 Å². The maximum atomic E-state index is 13.0. The number of rotatable bonds is 4. The van der Waals surface area contributed by atoms with Crippen LogP contribution in [0, 0.1) is 13.8 Å². The molecule has 0 bridgehead atoms. The standard InChI is InChI=1S/C18H23N3O5S/c1-13-16(14(2)26-19-13)12-20-5-7-21(8-6-20)27(22,23)15-3-4-17-18(11-15)25-10-9-24-17/h3-4,11H,5-10,12H2,1-2H3. The number of hydrogen-bond donors (Lipinski definition) is 0. The number of fused-ring (bicyclic) bond motifs is 1. The van der Waals surface area contributed by atoms with Crippen LogP contribution in [0.15, 0.2) is 27.6 Å². The fourth-order valence-electron chi connectivity index (χ4n) is 3.41. The van der Waals surface area contributed by atoms with Gasteiger partial charge in [0.1, 0.15) is 19.0 Å². The largest absolute Gasteiger partial charge is 0.486 e. The minimum atomic E-state index is -3.56. The number of piperazine rings is 1. The van der Waals surface area contributed by atoms with Crippen molar-refractivity contribution in [2.75, 3.05) is 39.4 Å². The lowest BCUT2D eigenvalue weighted by atomic mass is 10.2. The molecular formula is C18H23N3O5S. The summed E-state index contributed by atoms with van der Waals surface area (Å²) in [5, 5.41) is 3.98. The van der Waals surface area contributed by atoms with E-state index in [-0.39, 0.29) is 4.90 Å². The van der Waals surface area contributed by atoms with Crippen LogP contribution in [0.2, 0.25) is 0 Å². The van der Waals surface area contributed by atoms with Gasteiger partial charge in [-0.15, -0.1) is 0 Å². The molecular weight excluding hydrogens is 370 g/mol. The lowest BCUT2D eigenvalue weighted by Crippen LogP contribution is -2.48. The van der Waals surface area contributed by atoms with Crippen LogP contribution in [-0.2, 0) is 16.6 Å². The number of hydrogen-bond acceptors (Lipinski definition) is 7. The lowest BCUT2D eigenvalue weighted by Gasteiger charge is -2.34. The normalized spacial score (nSPS) is 18.6. The van der Waals surface area contributed by atoms with Gasteiger partial charge in [-0.2, -0.15) is 4.31 Å². The summed E-state index contributed by atoms with van der Waals surface area (Å²) in [6, 6.07) is 4.80. The van der Waals surface area contributed by atoms with Crippen molar-refractivity contribution in [3.63, 3.8) is 0 Å². The quantitative estimate of drug-likeness (QED) is 0.779. The predicted molar refractivity (Wildman–Crippen MR) is 97.4 cm³/mol. The first kappa shape index (κ1) is 18.3. The molecule has 0 spiro atoms. The highest BCUT2D eigenvalue weighted by Crippen LogP contribution is 2.33. The number of aryl methyl sites for hydroxylation is 2. The van der Waals surface area contributed by atoms with Crippen molar-refractivity contribution >= 4 is 10.0 Å². The molecule has 0 unspecified atom stereocenters. The van der Waals surface area contributed by atoms with E-state index >= 15 is 0 Å². The molecule has 146 valence electrons. The summed E-state index contributed by atoms with van der Waals surface area (Å²) < 4.78 is 43.7. The van der Waals surface area contributed by atoms with Gasteiger partial charge < -0.3 is 14.0 Å². The first-order valence-electron chi connectivity index (χ1n) is 8.99. The Bertz CT molecular complexity index is 913. The molecule has 0 aliphatic carbocycles. The monoisotopic (exact) mass is 393 g/mol. The summed E-state index contributed by atoms with van der Waals surface area (Å²) >= 11 is 0. The molecule has 1 aromatic carbocycles. The molecule has 0 atom stereocenters. The molecule has 2 aromatic rings. The van der Waals surface area contributed by atoms with Crippen molar-refractivity contribution in [1.29, 1.82) is 0 Å². The molecule has 1 saturated heterocycles. The molecule has 0 radical (unpaired) electrons. The lowest BCUT2D eigenvalue weighted by molar-refractivity contribution is 0.170. The van der Waals surface area contributed by atoms with Crippen LogP contribution in [0.5, 0.6) is 11.5 Å². The van der Waals surface area contributed by atoms with Gasteiger partial charge in [0, 0.05) is 44.4 Å². The number of nitrogens with zero attached hydrogens (tertiary/aromatic N) is 3. The molecule has 0 saturated carbocycles. The minimum Gasteiger partial charge on any atom is -0.486 e. The highest BCUT2D eigenvalue weighted by molar-refractivity contribution is 7.89. The number of benzene rings is 1. The van der Waals surface area contributed by atoms with Gasteiger partial charge in [0.2, 0.25) is 10.0 Å². The Labute approximate surface area is 158 Å². The van der Waals surface area contributed by atoms with Crippen LogP contribution >= 0.6 is 0 Å². The zero-order chi connectivity index (χ0) is 19.0. The fraction of sp³-hybridized carbons (Fsp3) is 0.500. The minimum absolute atomic E-state index is 0.242.